The van der Waals surface area contributed by atoms with Crippen molar-refractivity contribution in [3.63, 3.8) is 0 Å². The SMILES string of the molecule is CC(C)CC(=O)N1Cc2cc(CN(C3CC3)S(C)(=O)=O)ccc2OCC1C. The fourth-order valence-corrected chi connectivity index (χ4v) is 4.63. The Labute approximate surface area is 162 Å². The molecule has 6 nitrogen and oxygen atoms in total. The van der Waals surface area contributed by atoms with Crippen LogP contribution in [-0.2, 0) is 27.9 Å². The number of amides is 1. The second kappa shape index (κ2) is 7.80. The molecule has 1 amide bonds. The van der Waals surface area contributed by atoms with Gasteiger partial charge in [-0.1, -0.05) is 19.9 Å². The van der Waals surface area contributed by atoms with E-state index in [1.165, 1.54) is 6.26 Å². The number of hydrogen-bond acceptors (Lipinski definition) is 4. The summed E-state index contributed by atoms with van der Waals surface area (Å²) in [6, 6.07) is 5.95. The molecule has 1 unspecified atom stereocenters. The van der Waals surface area contributed by atoms with Crippen LogP contribution in [-0.4, -0.2) is 48.5 Å². The van der Waals surface area contributed by atoms with Crippen LogP contribution in [0.4, 0.5) is 0 Å². The number of rotatable bonds is 6. The van der Waals surface area contributed by atoms with E-state index in [1.54, 1.807) is 4.31 Å². The van der Waals surface area contributed by atoms with Gasteiger partial charge in [0.15, 0.2) is 0 Å². The van der Waals surface area contributed by atoms with Crippen molar-refractivity contribution in [2.24, 2.45) is 5.92 Å². The minimum absolute atomic E-state index is 0.00563. The van der Waals surface area contributed by atoms with Gasteiger partial charge >= 0.3 is 0 Å². The summed E-state index contributed by atoms with van der Waals surface area (Å²) in [6.45, 7) is 7.42. The average molecular weight is 395 g/mol. The summed E-state index contributed by atoms with van der Waals surface area (Å²) in [5, 5.41) is 0. The fraction of sp³-hybridized carbons (Fsp3) is 0.650. The van der Waals surface area contributed by atoms with E-state index < -0.39 is 10.0 Å². The summed E-state index contributed by atoms with van der Waals surface area (Å²) < 4.78 is 31.7. The molecule has 1 aliphatic heterocycles. The standard InChI is InChI=1S/C20H30N2O4S/c1-14(2)9-20(23)21-12-17-10-16(5-8-19(17)26-13-15(21)3)11-22(18-6-7-18)27(4,24)25/h5,8,10,14-15,18H,6-7,9,11-13H2,1-4H3. The lowest BCUT2D eigenvalue weighted by molar-refractivity contribution is -0.135. The molecule has 2 aliphatic rings. The lowest BCUT2D eigenvalue weighted by atomic mass is 10.1. The summed E-state index contributed by atoms with van der Waals surface area (Å²) in [4.78, 5) is 14.5. The van der Waals surface area contributed by atoms with E-state index >= 15 is 0 Å². The van der Waals surface area contributed by atoms with Crippen LogP contribution in [0.25, 0.3) is 0 Å². The zero-order valence-electron chi connectivity index (χ0n) is 16.6. The molecule has 27 heavy (non-hydrogen) atoms. The van der Waals surface area contributed by atoms with Gasteiger partial charge in [-0.2, -0.15) is 4.31 Å². The zero-order valence-corrected chi connectivity index (χ0v) is 17.5. The second-order valence-electron chi connectivity index (χ2n) is 8.26. The third-order valence-corrected chi connectivity index (χ3v) is 6.38. The molecule has 0 bridgehead atoms. The highest BCUT2D eigenvalue weighted by molar-refractivity contribution is 7.88. The van der Waals surface area contributed by atoms with Gasteiger partial charge in [0.05, 0.1) is 12.3 Å². The van der Waals surface area contributed by atoms with E-state index in [9.17, 15) is 13.2 Å². The van der Waals surface area contributed by atoms with Gasteiger partial charge in [0, 0.05) is 31.1 Å². The first-order valence-electron chi connectivity index (χ1n) is 9.66. The van der Waals surface area contributed by atoms with Crippen LogP contribution in [0.1, 0.15) is 51.2 Å². The van der Waals surface area contributed by atoms with Crippen LogP contribution in [0, 0.1) is 5.92 Å². The van der Waals surface area contributed by atoms with Crippen molar-refractivity contribution in [3.8, 4) is 5.75 Å². The van der Waals surface area contributed by atoms with Crippen molar-refractivity contribution < 1.29 is 17.9 Å². The Bertz CT molecular complexity index is 802. The molecule has 0 spiro atoms. The van der Waals surface area contributed by atoms with Crippen LogP contribution in [0.3, 0.4) is 0 Å². The van der Waals surface area contributed by atoms with E-state index in [0.29, 0.717) is 32.0 Å². The smallest absolute Gasteiger partial charge is 0.223 e. The normalized spacial score (nSPS) is 20.4. The van der Waals surface area contributed by atoms with Gasteiger partial charge in [-0.05, 0) is 43.4 Å². The van der Waals surface area contributed by atoms with Crippen LogP contribution >= 0.6 is 0 Å². The maximum absolute atomic E-state index is 12.7. The van der Waals surface area contributed by atoms with Crippen molar-refractivity contribution in [1.29, 1.82) is 0 Å². The molecule has 150 valence electrons. The van der Waals surface area contributed by atoms with E-state index in [0.717, 1.165) is 29.7 Å². The molecule has 1 aliphatic carbocycles. The number of benzene rings is 1. The third kappa shape index (κ3) is 5.02. The van der Waals surface area contributed by atoms with Crippen molar-refractivity contribution in [2.75, 3.05) is 12.9 Å². The number of carbonyl (C=O) groups excluding carboxylic acids is 1. The molecule has 1 saturated carbocycles. The molecule has 1 fully saturated rings. The number of ether oxygens (including phenoxy) is 1. The predicted molar refractivity (Wildman–Crippen MR) is 105 cm³/mol. The maximum Gasteiger partial charge on any atom is 0.223 e. The van der Waals surface area contributed by atoms with Crippen molar-refractivity contribution >= 4 is 15.9 Å². The summed E-state index contributed by atoms with van der Waals surface area (Å²) >= 11 is 0. The van der Waals surface area contributed by atoms with Gasteiger partial charge in [-0.3, -0.25) is 4.79 Å². The number of nitrogens with zero attached hydrogens (tertiary/aromatic N) is 2. The molecule has 3 rings (SSSR count). The highest BCUT2D eigenvalue weighted by Crippen LogP contribution is 2.32. The molecule has 0 radical (unpaired) electrons. The lowest BCUT2D eigenvalue weighted by Crippen LogP contribution is -2.40. The highest BCUT2D eigenvalue weighted by atomic mass is 32.2. The molecule has 0 N–H and O–H groups in total. The first-order chi connectivity index (χ1) is 12.6. The Hall–Kier alpha value is -1.60. The van der Waals surface area contributed by atoms with E-state index in [2.05, 4.69) is 0 Å². The number of hydrogen-bond donors (Lipinski definition) is 0. The Morgan fingerprint density at radius 3 is 2.63 bits per heavy atom. The lowest BCUT2D eigenvalue weighted by Gasteiger charge is -2.27. The van der Waals surface area contributed by atoms with Gasteiger partial charge in [-0.15, -0.1) is 0 Å². The molecule has 0 aromatic heterocycles. The van der Waals surface area contributed by atoms with Gasteiger partial charge < -0.3 is 9.64 Å². The number of carbonyl (C=O) groups is 1. The fourth-order valence-electron chi connectivity index (χ4n) is 3.50. The molecular formula is C20H30N2O4S. The van der Waals surface area contributed by atoms with Gasteiger partial charge in [-0.25, -0.2) is 8.42 Å². The highest BCUT2D eigenvalue weighted by Gasteiger charge is 2.35. The molecule has 0 saturated heterocycles. The van der Waals surface area contributed by atoms with Crippen LogP contribution in [0.2, 0.25) is 0 Å². The summed E-state index contributed by atoms with van der Waals surface area (Å²) in [5.41, 5.74) is 1.87. The third-order valence-electron chi connectivity index (χ3n) is 5.10. The molecule has 1 heterocycles. The Morgan fingerprint density at radius 1 is 1.33 bits per heavy atom. The minimum Gasteiger partial charge on any atom is -0.491 e. The number of sulfonamides is 1. The Balaban J connectivity index is 1.82. The first kappa shape index (κ1) is 20.1. The van der Waals surface area contributed by atoms with Crippen molar-refractivity contribution in [3.05, 3.63) is 29.3 Å². The summed E-state index contributed by atoms with van der Waals surface area (Å²) in [5.74, 6) is 1.22. The quantitative estimate of drug-likeness (QED) is 0.744. The Morgan fingerprint density at radius 2 is 2.04 bits per heavy atom. The topological polar surface area (TPSA) is 66.9 Å². The van der Waals surface area contributed by atoms with Gasteiger partial charge in [0.25, 0.3) is 0 Å². The van der Waals surface area contributed by atoms with E-state index in [-0.39, 0.29) is 18.0 Å². The van der Waals surface area contributed by atoms with Crippen LogP contribution in [0.15, 0.2) is 18.2 Å². The largest absolute Gasteiger partial charge is 0.491 e. The zero-order chi connectivity index (χ0) is 19.8. The maximum atomic E-state index is 12.7. The van der Waals surface area contributed by atoms with E-state index in [4.69, 9.17) is 4.74 Å². The predicted octanol–water partition coefficient (Wildman–Crippen LogP) is 2.77. The molecular weight excluding hydrogens is 364 g/mol. The minimum atomic E-state index is -3.24. The Kier molecular flexibility index (Phi) is 5.82. The van der Waals surface area contributed by atoms with Crippen LogP contribution < -0.4 is 4.74 Å². The second-order valence-corrected chi connectivity index (χ2v) is 10.2. The summed E-state index contributed by atoms with van der Waals surface area (Å²) in [6.07, 6.45) is 3.64. The monoisotopic (exact) mass is 394 g/mol. The van der Waals surface area contributed by atoms with Crippen molar-refractivity contribution in [1.82, 2.24) is 9.21 Å². The first-order valence-corrected chi connectivity index (χ1v) is 11.5. The van der Waals surface area contributed by atoms with Crippen molar-refractivity contribution in [2.45, 2.75) is 65.2 Å². The van der Waals surface area contributed by atoms with Gasteiger partial charge in [0.1, 0.15) is 12.4 Å². The van der Waals surface area contributed by atoms with E-state index in [1.807, 2.05) is 43.9 Å². The molecule has 7 heteroatoms. The average Bonchev–Trinajstić information content (AvgIpc) is 3.39. The number of fused-ring (bicyclic) bond motifs is 1. The molecule has 1 aromatic rings. The summed E-state index contributed by atoms with van der Waals surface area (Å²) in [7, 11) is -3.24. The van der Waals surface area contributed by atoms with Crippen LogP contribution in [0.5, 0.6) is 5.75 Å². The molecule has 1 aromatic carbocycles. The van der Waals surface area contributed by atoms with Gasteiger partial charge in [0.2, 0.25) is 15.9 Å². The molecule has 1 atom stereocenters.